The van der Waals surface area contributed by atoms with Crippen LogP contribution in [0.5, 0.6) is 0 Å². The average Bonchev–Trinajstić information content (AvgIpc) is 2.58. The fraction of sp³-hybridized carbons (Fsp3) is 0.583. The lowest BCUT2D eigenvalue weighted by molar-refractivity contribution is 0.322. The van der Waals surface area contributed by atoms with E-state index in [1.807, 2.05) is 0 Å². The number of hydrogen-bond donors (Lipinski definition) is 0. The van der Waals surface area contributed by atoms with E-state index in [0.29, 0.717) is 0 Å². The van der Waals surface area contributed by atoms with Crippen LogP contribution in [-0.4, -0.2) is 0 Å². The molecule has 0 spiro atoms. The summed E-state index contributed by atoms with van der Waals surface area (Å²) in [7, 11) is 0. The Hall–Kier alpha value is -0.520. The summed E-state index contributed by atoms with van der Waals surface area (Å²) in [5.74, 6) is 1.84. The van der Waals surface area contributed by atoms with Crippen molar-refractivity contribution in [3.8, 4) is 0 Å². The highest BCUT2D eigenvalue weighted by molar-refractivity contribution is 5.35. The van der Waals surface area contributed by atoms with Crippen LogP contribution in [0.25, 0.3) is 0 Å². The van der Waals surface area contributed by atoms with E-state index in [2.05, 4.69) is 31.6 Å². The van der Waals surface area contributed by atoms with E-state index in [9.17, 15) is 0 Å². The minimum atomic E-state index is 0.871. The molecule has 0 aliphatic heterocycles. The summed E-state index contributed by atoms with van der Waals surface area (Å²) in [6.45, 7) is 2.38. The van der Waals surface area contributed by atoms with Crippen LogP contribution in [0.15, 0.2) is 23.8 Å². The molecule has 0 atom stereocenters. The molecule has 0 N–H and O–H groups in total. The Bertz CT molecular complexity index is 202. The molecular formula is C12H17. The lowest BCUT2D eigenvalue weighted by Gasteiger charge is -2.26. The summed E-state index contributed by atoms with van der Waals surface area (Å²) < 4.78 is 0. The highest BCUT2D eigenvalue weighted by atomic mass is 14.3. The molecule has 0 nitrogen and oxygen atoms in total. The highest BCUT2D eigenvalue weighted by Gasteiger charge is 2.21. The molecule has 0 heteroatoms. The molecule has 1 saturated carbocycles. The molecule has 0 aromatic rings. The third-order valence-corrected chi connectivity index (χ3v) is 3.18. The molecule has 1 fully saturated rings. The van der Waals surface area contributed by atoms with Crippen LogP contribution in [0.2, 0.25) is 0 Å². The first-order valence-electron chi connectivity index (χ1n) is 5.08. The van der Waals surface area contributed by atoms with Crippen molar-refractivity contribution in [1.29, 1.82) is 0 Å². The van der Waals surface area contributed by atoms with E-state index < -0.39 is 0 Å². The van der Waals surface area contributed by atoms with Gasteiger partial charge >= 0.3 is 0 Å². The first-order valence-corrected chi connectivity index (χ1v) is 5.08. The van der Waals surface area contributed by atoms with Crippen molar-refractivity contribution in [2.45, 2.75) is 32.6 Å². The van der Waals surface area contributed by atoms with Gasteiger partial charge in [-0.15, -0.1) is 0 Å². The van der Waals surface area contributed by atoms with Crippen LogP contribution in [-0.2, 0) is 0 Å². The normalized spacial score (nSPS) is 35.2. The van der Waals surface area contributed by atoms with Crippen LogP contribution in [0.3, 0.4) is 0 Å². The Balaban J connectivity index is 1.90. The fourth-order valence-corrected chi connectivity index (χ4v) is 2.25. The van der Waals surface area contributed by atoms with E-state index in [4.69, 9.17) is 0 Å². The molecule has 0 bridgehead atoms. The van der Waals surface area contributed by atoms with Gasteiger partial charge in [0.1, 0.15) is 0 Å². The number of allylic oxidation sites excluding steroid dienone is 4. The summed E-state index contributed by atoms with van der Waals surface area (Å²) in [5, 5.41) is 0. The van der Waals surface area contributed by atoms with Gasteiger partial charge in [0.25, 0.3) is 0 Å². The smallest absolute Gasteiger partial charge is 0.00863 e. The molecule has 0 saturated heterocycles. The molecule has 65 valence electrons. The van der Waals surface area contributed by atoms with Crippen molar-refractivity contribution >= 4 is 0 Å². The quantitative estimate of drug-likeness (QED) is 0.552. The zero-order chi connectivity index (χ0) is 8.39. The first-order chi connectivity index (χ1) is 5.86. The SMILES string of the molecule is CC1CCC(C2=CC=C[CH]2)CC1. The minimum absolute atomic E-state index is 0.871. The average molecular weight is 161 g/mol. The zero-order valence-electron chi connectivity index (χ0n) is 7.79. The molecule has 2 rings (SSSR count). The summed E-state index contributed by atoms with van der Waals surface area (Å²) >= 11 is 0. The van der Waals surface area contributed by atoms with Gasteiger partial charge in [-0.3, -0.25) is 0 Å². The van der Waals surface area contributed by atoms with Gasteiger partial charge in [-0.2, -0.15) is 0 Å². The molecule has 0 aromatic carbocycles. The molecule has 1 radical (unpaired) electrons. The van der Waals surface area contributed by atoms with Crippen LogP contribution in [0, 0.1) is 18.3 Å². The maximum Gasteiger partial charge on any atom is 0.00863 e. The first kappa shape index (κ1) is 8.10. The lowest BCUT2D eigenvalue weighted by Crippen LogP contribution is -2.13. The Morgan fingerprint density at radius 3 is 2.42 bits per heavy atom. The fourth-order valence-electron chi connectivity index (χ4n) is 2.25. The van der Waals surface area contributed by atoms with Gasteiger partial charge in [0.2, 0.25) is 0 Å². The summed E-state index contributed by atoms with van der Waals surface area (Å²) in [6.07, 6.45) is 14.5. The van der Waals surface area contributed by atoms with E-state index >= 15 is 0 Å². The molecule has 0 aromatic heterocycles. The van der Waals surface area contributed by atoms with E-state index in [0.717, 1.165) is 11.8 Å². The largest absolute Gasteiger partial charge is 0.0764 e. The van der Waals surface area contributed by atoms with Crippen molar-refractivity contribution in [3.05, 3.63) is 30.2 Å². The second-order valence-electron chi connectivity index (χ2n) is 4.18. The van der Waals surface area contributed by atoms with Crippen molar-refractivity contribution in [1.82, 2.24) is 0 Å². The van der Waals surface area contributed by atoms with Crippen LogP contribution >= 0.6 is 0 Å². The van der Waals surface area contributed by atoms with Crippen LogP contribution in [0.4, 0.5) is 0 Å². The van der Waals surface area contributed by atoms with Crippen LogP contribution in [0.1, 0.15) is 32.6 Å². The molecule has 2 aliphatic carbocycles. The van der Waals surface area contributed by atoms with Gasteiger partial charge in [-0.25, -0.2) is 0 Å². The van der Waals surface area contributed by atoms with Gasteiger partial charge in [0, 0.05) is 6.42 Å². The van der Waals surface area contributed by atoms with Gasteiger partial charge in [0.15, 0.2) is 0 Å². The Morgan fingerprint density at radius 1 is 1.08 bits per heavy atom. The van der Waals surface area contributed by atoms with Crippen molar-refractivity contribution in [3.63, 3.8) is 0 Å². The van der Waals surface area contributed by atoms with Crippen molar-refractivity contribution < 1.29 is 0 Å². The van der Waals surface area contributed by atoms with Gasteiger partial charge < -0.3 is 0 Å². The minimum Gasteiger partial charge on any atom is -0.0764 e. The van der Waals surface area contributed by atoms with Gasteiger partial charge in [-0.1, -0.05) is 43.6 Å². The predicted molar refractivity (Wildman–Crippen MR) is 52.6 cm³/mol. The third kappa shape index (κ3) is 1.63. The second kappa shape index (κ2) is 3.47. The maximum absolute atomic E-state index is 2.38. The van der Waals surface area contributed by atoms with Gasteiger partial charge in [0.05, 0.1) is 0 Å². The molecule has 0 unspecified atom stereocenters. The second-order valence-corrected chi connectivity index (χ2v) is 4.18. The standard InChI is InChI=1S/C12H17/c1-10-6-8-12(9-7-10)11-4-2-3-5-11/h2-5,10,12H,6-9H2,1H3. The third-order valence-electron chi connectivity index (χ3n) is 3.18. The Morgan fingerprint density at radius 2 is 1.83 bits per heavy atom. The van der Waals surface area contributed by atoms with E-state index in [-0.39, 0.29) is 0 Å². The van der Waals surface area contributed by atoms with Crippen molar-refractivity contribution in [2.24, 2.45) is 11.8 Å². The maximum atomic E-state index is 2.38. The summed E-state index contributed by atoms with van der Waals surface area (Å²) in [5.41, 5.74) is 1.57. The molecule has 2 aliphatic rings. The lowest BCUT2D eigenvalue weighted by atomic mass is 9.79. The predicted octanol–water partition coefficient (Wildman–Crippen LogP) is 3.51. The monoisotopic (exact) mass is 161 g/mol. The molecular weight excluding hydrogens is 144 g/mol. The Labute approximate surface area is 75.4 Å². The van der Waals surface area contributed by atoms with Gasteiger partial charge in [-0.05, 0) is 24.7 Å². The molecule has 0 amide bonds. The van der Waals surface area contributed by atoms with Crippen molar-refractivity contribution in [2.75, 3.05) is 0 Å². The Kier molecular flexibility index (Phi) is 2.34. The van der Waals surface area contributed by atoms with Crippen LogP contribution < -0.4 is 0 Å². The number of rotatable bonds is 1. The zero-order valence-corrected chi connectivity index (χ0v) is 7.79. The number of hydrogen-bond acceptors (Lipinski definition) is 0. The highest BCUT2D eigenvalue weighted by Crippen LogP contribution is 2.35. The topological polar surface area (TPSA) is 0 Å². The van der Waals surface area contributed by atoms with E-state index in [1.165, 1.54) is 25.7 Å². The summed E-state index contributed by atoms with van der Waals surface area (Å²) in [6, 6.07) is 0. The van der Waals surface area contributed by atoms with E-state index in [1.54, 1.807) is 5.57 Å². The molecule has 0 heterocycles. The summed E-state index contributed by atoms with van der Waals surface area (Å²) in [4.78, 5) is 0. The molecule has 12 heavy (non-hydrogen) atoms.